The summed E-state index contributed by atoms with van der Waals surface area (Å²) < 4.78 is 10.7. The molecule has 1 atom stereocenters. The van der Waals surface area contributed by atoms with E-state index in [1.807, 2.05) is 12.1 Å². The first-order chi connectivity index (χ1) is 11.8. The Kier molecular flexibility index (Phi) is 7.44. The van der Waals surface area contributed by atoms with Gasteiger partial charge in [-0.25, -0.2) is 19.6 Å². The highest BCUT2D eigenvalue weighted by molar-refractivity contribution is 5.88. The fraction of sp³-hybridized carbons (Fsp3) is 0.833. The average molecular weight is 370 g/mol. The maximum absolute atomic E-state index is 12.5. The average Bonchev–Trinajstić information content (AvgIpc) is 2.94. The van der Waals surface area contributed by atoms with Crippen LogP contribution in [0, 0.1) is 0 Å². The van der Waals surface area contributed by atoms with E-state index in [0.29, 0.717) is 0 Å². The molecule has 0 radical (unpaired) electrons. The van der Waals surface area contributed by atoms with E-state index in [9.17, 15) is 9.59 Å². The van der Waals surface area contributed by atoms with Crippen molar-refractivity contribution in [1.82, 2.24) is 14.9 Å². The Balaban J connectivity index is 2.90. The molecule has 1 rings (SSSR count). The summed E-state index contributed by atoms with van der Waals surface area (Å²) in [7, 11) is 1.90. The molecule has 0 bridgehead atoms. The van der Waals surface area contributed by atoms with E-state index in [-0.39, 0.29) is 0 Å². The molecule has 0 aromatic rings. The molecule has 1 heterocycles. The molecule has 8 nitrogen and oxygen atoms in total. The molecular formula is C18H34N4O4. The van der Waals surface area contributed by atoms with Crippen LogP contribution in [0.3, 0.4) is 0 Å². The minimum Gasteiger partial charge on any atom is -0.443 e. The van der Waals surface area contributed by atoms with E-state index in [1.165, 1.54) is 0 Å². The Morgan fingerprint density at radius 1 is 1.00 bits per heavy atom. The number of ether oxygens (including phenoxy) is 2. The smallest absolute Gasteiger partial charge is 0.421 e. The summed E-state index contributed by atoms with van der Waals surface area (Å²) >= 11 is 0. The van der Waals surface area contributed by atoms with Crippen molar-refractivity contribution in [2.24, 2.45) is 4.99 Å². The van der Waals surface area contributed by atoms with Gasteiger partial charge in [0.1, 0.15) is 23.7 Å². The maximum Gasteiger partial charge on any atom is 0.421 e. The monoisotopic (exact) mass is 370 g/mol. The Labute approximate surface area is 157 Å². The highest BCUT2D eigenvalue weighted by Gasteiger charge is 2.34. The lowest BCUT2D eigenvalue weighted by molar-refractivity contribution is -0.00523. The lowest BCUT2D eigenvalue weighted by Gasteiger charge is -2.31. The molecule has 0 saturated carbocycles. The van der Waals surface area contributed by atoms with Gasteiger partial charge in [0.2, 0.25) is 0 Å². The topological polar surface area (TPSA) is 74.7 Å². The molecule has 8 heteroatoms. The number of rotatable bonds is 4. The van der Waals surface area contributed by atoms with Crippen LogP contribution in [-0.2, 0) is 9.47 Å². The van der Waals surface area contributed by atoms with Crippen molar-refractivity contribution in [2.45, 2.75) is 78.7 Å². The maximum atomic E-state index is 12.5. The SMILES string of the molecule is CC(/N=C\N(C)N1CCCC1)N(C(=O)OC(C)(C)C)C(=O)OC(C)(C)C. The number of nitrogens with zero attached hydrogens (tertiary/aromatic N) is 4. The minimum absolute atomic E-state index is 0.729. The fourth-order valence-corrected chi connectivity index (χ4v) is 2.35. The number of carbonyl (C=O) groups excluding carboxylic acids is 2. The summed E-state index contributed by atoms with van der Waals surface area (Å²) in [5, 5.41) is 4.04. The number of aliphatic imine (C=N–C) groups is 1. The molecule has 1 aliphatic rings. The highest BCUT2D eigenvalue weighted by atomic mass is 16.6. The molecule has 1 fully saturated rings. The minimum atomic E-state index is -0.778. The van der Waals surface area contributed by atoms with Crippen molar-refractivity contribution in [3.8, 4) is 0 Å². The van der Waals surface area contributed by atoms with Gasteiger partial charge in [-0.2, -0.15) is 4.90 Å². The molecule has 1 aliphatic heterocycles. The van der Waals surface area contributed by atoms with Gasteiger partial charge in [0.15, 0.2) is 0 Å². The fourth-order valence-electron chi connectivity index (χ4n) is 2.35. The van der Waals surface area contributed by atoms with Gasteiger partial charge in [-0.3, -0.25) is 5.01 Å². The van der Waals surface area contributed by atoms with Gasteiger partial charge in [0.05, 0.1) is 0 Å². The molecular weight excluding hydrogens is 336 g/mol. The summed E-state index contributed by atoms with van der Waals surface area (Å²) in [5.41, 5.74) is -1.46. The van der Waals surface area contributed by atoms with Crippen LogP contribution in [0.25, 0.3) is 0 Å². The normalized spacial score (nSPS) is 17.2. The molecule has 0 aromatic carbocycles. The number of hydrogen-bond acceptors (Lipinski definition) is 6. The number of hydrazine groups is 1. The molecule has 0 aromatic heterocycles. The molecule has 26 heavy (non-hydrogen) atoms. The third kappa shape index (κ3) is 7.59. The third-order valence-electron chi connectivity index (χ3n) is 3.53. The van der Waals surface area contributed by atoms with Crippen LogP contribution in [-0.4, -0.2) is 70.9 Å². The number of hydrogen-bond donors (Lipinski definition) is 0. The Hall–Kier alpha value is -1.83. The zero-order chi connectivity index (χ0) is 20.1. The van der Waals surface area contributed by atoms with E-state index in [1.54, 1.807) is 54.8 Å². The standard InChI is InChI=1S/C18H34N4O4/c1-14(19-13-20(8)21-11-9-10-12-21)22(15(23)25-17(2,3)4)16(24)26-18(5,6)7/h13-14H,9-12H2,1-8H3/b19-13-. The molecule has 150 valence electrons. The molecule has 0 spiro atoms. The second kappa shape index (κ2) is 8.70. The van der Waals surface area contributed by atoms with Gasteiger partial charge in [-0.05, 0) is 61.3 Å². The van der Waals surface area contributed by atoms with E-state index in [2.05, 4.69) is 10.0 Å². The van der Waals surface area contributed by atoms with Gasteiger partial charge >= 0.3 is 12.2 Å². The molecule has 2 amide bonds. The van der Waals surface area contributed by atoms with E-state index >= 15 is 0 Å². The van der Waals surface area contributed by atoms with Crippen molar-refractivity contribution in [1.29, 1.82) is 0 Å². The van der Waals surface area contributed by atoms with Crippen molar-refractivity contribution in [3.63, 3.8) is 0 Å². The van der Waals surface area contributed by atoms with Crippen molar-refractivity contribution in [2.75, 3.05) is 20.1 Å². The van der Waals surface area contributed by atoms with Crippen molar-refractivity contribution < 1.29 is 19.1 Å². The van der Waals surface area contributed by atoms with Crippen LogP contribution in [0.5, 0.6) is 0 Å². The van der Waals surface area contributed by atoms with Gasteiger partial charge in [-0.15, -0.1) is 0 Å². The Morgan fingerprint density at radius 3 is 1.81 bits per heavy atom. The van der Waals surface area contributed by atoms with E-state index in [4.69, 9.17) is 9.47 Å². The summed E-state index contributed by atoms with van der Waals surface area (Å²) in [5.74, 6) is 0. The van der Waals surface area contributed by atoms with Crippen molar-refractivity contribution in [3.05, 3.63) is 0 Å². The van der Waals surface area contributed by atoms with Crippen LogP contribution >= 0.6 is 0 Å². The summed E-state index contributed by atoms with van der Waals surface area (Å²) in [6.45, 7) is 14.1. The summed E-state index contributed by atoms with van der Waals surface area (Å²) in [6.07, 6.45) is 1.61. The zero-order valence-electron chi connectivity index (χ0n) is 17.4. The quantitative estimate of drug-likeness (QED) is 0.557. The Bertz CT molecular complexity index is 488. The van der Waals surface area contributed by atoms with Gasteiger partial charge < -0.3 is 9.47 Å². The molecule has 0 N–H and O–H groups in total. The predicted octanol–water partition coefficient (Wildman–Crippen LogP) is 3.48. The van der Waals surface area contributed by atoms with Gasteiger partial charge in [-0.1, -0.05) is 0 Å². The summed E-state index contributed by atoms with van der Waals surface area (Å²) in [4.78, 5) is 30.3. The number of imide groups is 1. The first kappa shape index (κ1) is 22.2. The van der Waals surface area contributed by atoms with Crippen LogP contribution in [0.15, 0.2) is 4.99 Å². The van der Waals surface area contributed by atoms with Crippen LogP contribution in [0.2, 0.25) is 0 Å². The number of carbonyl (C=O) groups is 2. The van der Waals surface area contributed by atoms with Gasteiger partial charge in [0, 0.05) is 20.1 Å². The third-order valence-corrected chi connectivity index (χ3v) is 3.53. The second-order valence-electron chi connectivity index (χ2n) is 8.46. The van der Waals surface area contributed by atoms with Crippen LogP contribution in [0.1, 0.15) is 61.3 Å². The van der Waals surface area contributed by atoms with Crippen molar-refractivity contribution >= 4 is 18.5 Å². The Morgan fingerprint density at radius 2 is 1.42 bits per heavy atom. The largest absolute Gasteiger partial charge is 0.443 e. The first-order valence-electron chi connectivity index (χ1n) is 9.06. The number of amides is 2. The first-order valence-corrected chi connectivity index (χ1v) is 9.06. The molecule has 0 aliphatic carbocycles. The lowest BCUT2D eigenvalue weighted by Crippen LogP contribution is -2.48. The highest BCUT2D eigenvalue weighted by Crippen LogP contribution is 2.17. The second-order valence-corrected chi connectivity index (χ2v) is 8.46. The molecule has 1 unspecified atom stereocenters. The van der Waals surface area contributed by atoms with Crippen LogP contribution < -0.4 is 0 Å². The van der Waals surface area contributed by atoms with Crippen LogP contribution in [0.4, 0.5) is 9.59 Å². The van der Waals surface area contributed by atoms with Gasteiger partial charge in [0.25, 0.3) is 0 Å². The lowest BCUT2D eigenvalue weighted by atomic mass is 10.2. The van der Waals surface area contributed by atoms with E-state index in [0.717, 1.165) is 30.8 Å². The summed E-state index contributed by atoms with van der Waals surface area (Å²) in [6, 6.07) is 0. The molecule has 1 saturated heterocycles. The zero-order valence-corrected chi connectivity index (χ0v) is 17.4. The predicted molar refractivity (Wildman–Crippen MR) is 101 cm³/mol. The van der Waals surface area contributed by atoms with E-state index < -0.39 is 29.6 Å².